The van der Waals surface area contributed by atoms with Crippen molar-refractivity contribution in [3.63, 3.8) is 0 Å². The van der Waals surface area contributed by atoms with Crippen LogP contribution in [0.2, 0.25) is 0 Å². The van der Waals surface area contributed by atoms with Crippen molar-refractivity contribution in [2.75, 3.05) is 6.61 Å². The Hall–Kier alpha value is -2.60. The van der Waals surface area contributed by atoms with Gasteiger partial charge in [0.2, 0.25) is 0 Å². The van der Waals surface area contributed by atoms with Crippen molar-refractivity contribution in [1.82, 2.24) is 0 Å². The first kappa shape index (κ1) is 12.8. The Balaban J connectivity index is 1.97. The first-order valence-corrected chi connectivity index (χ1v) is 5.71. The van der Waals surface area contributed by atoms with Gasteiger partial charge in [0.15, 0.2) is 11.6 Å². The fourth-order valence-corrected chi connectivity index (χ4v) is 1.48. The van der Waals surface area contributed by atoms with E-state index in [1.54, 1.807) is 0 Å². The summed E-state index contributed by atoms with van der Waals surface area (Å²) in [4.78, 5) is 10.5. The maximum absolute atomic E-state index is 13.5. The van der Waals surface area contributed by atoms with Crippen LogP contribution in [0.15, 0.2) is 48.5 Å². The maximum atomic E-state index is 13.5. The van der Waals surface area contributed by atoms with Crippen LogP contribution in [0.25, 0.3) is 0 Å². The number of rotatable bonds is 3. The van der Waals surface area contributed by atoms with Crippen LogP contribution in [-0.2, 0) is 0 Å². The molecule has 0 amide bonds. The van der Waals surface area contributed by atoms with Gasteiger partial charge < -0.3 is 4.74 Å². The zero-order valence-electron chi connectivity index (χ0n) is 10.1. The fraction of sp³-hybridized carbons (Fsp3) is 0.0625. The van der Waals surface area contributed by atoms with Crippen molar-refractivity contribution in [2.24, 2.45) is 0 Å². The number of hydrogen-bond donors (Lipinski definition) is 0. The number of carbonyl (C=O) groups excluding carboxylic acids is 1. The quantitative estimate of drug-likeness (QED) is 0.621. The molecule has 0 saturated carbocycles. The van der Waals surface area contributed by atoms with Gasteiger partial charge in [-0.05, 0) is 30.3 Å². The molecule has 0 bridgehead atoms. The van der Waals surface area contributed by atoms with E-state index in [4.69, 9.17) is 4.74 Å². The first-order valence-electron chi connectivity index (χ1n) is 5.71. The highest BCUT2D eigenvalue weighted by molar-refractivity contribution is 5.74. The van der Waals surface area contributed by atoms with Crippen LogP contribution in [0.4, 0.5) is 4.39 Å². The SMILES string of the molecule is O=Cc1ccc(OCC#Cc2ccccc2)c(F)c1. The largest absolute Gasteiger partial charge is 0.478 e. The smallest absolute Gasteiger partial charge is 0.165 e. The summed E-state index contributed by atoms with van der Waals surface area (Å²) in [6, 6.07) is 13.5. The van der Waals surface area contributed by atoms with Crippen LogP contribution in [0.1, 0.15) is 15.9 Å². The minimum atomic E-state index is -0.564. The Labute approximate surface area is 110 Å². The number of carbonyl (C=O) groups is 1. The third-order valence-corrected chi connectivity index (χ3v) is 2.40. The number of hydrogen-bond acceptors (Lipinski definition) is 2. The normalized spacial score (nSPS) is 9.32. The van der Waals surface area contributed by atoms with Gasteiger partial charge >= 0.3 is 0 Å². The summed E-state index contributed by atoms with van der Waals surface area (Å²) in [6.07, 6.45) is 0.585. The summed E-state index contributed by atoms with van der Waals surface area (Å²) < 4.78 is 18.6. The van der Waals surface area contributed by atoms with E-state index in [0.717, 1.165) is 11.6 Å². The molecule has 0 unspecified atom stereocenters. The molecule has 2 nitrogen and oxygen atoms in total. The second kappa shape index (κ2) is 6.36. The highest BCUT2D eigenvalue weighted by Gasteiger charge is 2.03. The van der Waals surface area contributed by atoms with Gasteiger partial charge in [0.25, 0.3) is 0 Å². The van der Waals surface area contributed by atoms with Gasteiger partial charge in [-0.1, -0.05) is 30.0 Å². The molecule has 94 valence electrons. The summed E-state index contributed by atoms with van der Waals surface area (Å²) in [7, 11) is 0. The van der Waals surface area contributed by atoms with E-state index in [0.29, 0.717) is 6.29 Å². The van der Waals surface area contributed by atoms with Crippen LogP contribution in [-0.4, -0.2) is 12.9 Å². The summed E-state index contributed by atoms with van der Waals surface area (Å²) in [6.45, 7) is 0.0895. The molecule has 0 radical (unpaired) electrons. The van der Waals surface area contributed by atoms with E-state index in [-0.39, 0.29) is 17.9 Å². The Bertz CT molecular complexity index is 624. The third kappa shape index (κ3) is 3.68. The lowest BCUT2D eigenvalue weighted by atomic mass is 10.2. The van der Waals surface area contributed by atoms with Gasteiger partial charge in [0.05, 0.1) is 0 Å². The van der Waals surface area contributed by atoms with Crippen LogP contribution >= 0.6 is 0 Å². The van der Waals surface area contributed by atoms with E-state index in [9.17, 15) is 9.18 Å². The Kier molecular flexibility index (Phi) is 4.30. The molecule has 0 fully saturated rings. The summed E-state index contributed by atoms with van der Waals surface area (Å²) >= 11 is 0. The average Bonchev–Trinajstić information content (AvgIpc) is 2.46. The number of halogens is 1. The Morgan fingerprint density at radius 1 is 1.16 bits per heavy atom. The molecule has 0 atom stereocenters. The van der Waals surface area contributed by atoms with Crippen molar-refractivity contribution in [1.29, 1.82) is 0 Å². The number of aldehydes is 1. The highest BCUT2D eigenvalue weighted by Crippen LogP contribution is 2.17. The van der Waals surface area contributed by atoms with Crippen molar-refractivity contribution >= 4 is 6.29 Å². The van der Waals surface area contributed by atoms with Crippen molar-refractivity contribution < 1.29 is 13.9 Å². The van der Waals surface area contributed by atoms with Crippen LogP contribution in [0.3, 0.4) is 0 Å². The minimum Gasteiger partial charge on any atom is -0.478 e. The molecule has 3 heteroatoms. The molecule has 0 N–H and O–H groups in total. The molecule has 0 aliphatic rings. The highest BCUT2D eigenvalue weighted by atomic mass is 19.1. The maximum Gasteiger partial charge on any atom is 0.165 e. The molecule has 2 aromatic rings. The van der Waals surface area contributed by atoms with E-state index >= 15 is 0 Å². The standard InChI is InChI=1S/C16H11FO2/c17-15-11-14(12-18)8-9-16(15)19-10-4-7-13-5-2-1-3-6-13/h1-3,5-6,8-9,11-12H,10H2. The van der Waals surface area contributed by atoms with E-state index in [1.165, 1.54) is 12.1 Å². The molecular formula is C16H11FO2. The lowest BCUT2D eigenvalue weighted by Crippen LogP contribution is -1.97. The van der Waals surface area contributed by atoms with Gasteiger partial charge in [0, 0.05) is 11.1 Å². The predicted octanol–water partition coefficient (Wildman–Crippen LogP) is 3.07. The zero-order valence-corrected chi connectivity index (χ0v) is 10.1. The van der Waals surface area contributed by atoms with Gasteiger partial charge in [0.1, 0.15) is 12.9 Å². The van der Waals surface area contributed by atoms with E-state index in [1.807, 2.05) is 30.3 Å². The van der Waals surface area contributed by atoms with Crippen LogP contribution in [0.5, 0.6) is 5.75 Å². The molecule has 2 rings (SSSR count). The monoisotopic (exact) mass is 254 g/mol. The lowest BCUT2D eigenvalue weighted by molar-refractivity contribution is 0.112. The number of benzene rings is 2. The van der Waals surface area contributed by atoms with Gasteiger partial charge in [-0.3, -0.25) is 4.79 Å². The lowest BCUT2D eigenvalue weighted by Gasteiger charge is -2.03. The molecular weight excluding hydrogens is 243 g/mol. The van der Waals surface area contributed by atoms with Crippen molar-refractivity contribution in [3.8, 4) is 17.6 Å². The predicted molar refractivity (Wildman–Crippen MR) is 70.6 cm³/mol. The molecule has 0 aliphatic carbocycles. The molecule has 2 aromatic carbocycles. The number of ether oxygens (including phenoxy) is 1. The van der Waals surface area contributed by atoms with Gasteiger partial charge in [-0.25, -0.2) is 4.39 Å². The zero-order chi connectivity index (χ0) is 13.5. The Morgan fingerprint density at radius 3 is 2.63 bits per heavy atom. The van der Waals surface area contributed by atoms with E-state index in [2.05, 4.69) is 11.8 Å². The topological polar surface area (TPSA) is 26.3 Å². The van der Waals surface area contributed by atoms with Gasteiger partial charge in [-0.2, -0.15) is 0 Å². The van der Waals surface area contributed by atoms with Crippen LogP contribution in [0, 0.1) is 17.7 Å². The van der Waals surface area contributed by atoms with Crippen LogP contribution < -0.4 is 4.74 Å². The fourth-order valence-electron chi connectivity index (χ4n) is 1.48. The van der Waals surface area contributed by atoms with Gasteiger partial charge in [-0.15, -0.1) is 0 Å². The molecule has 0 aromatic heterocycles. The van der Waals surface area contributed by atoms with Crippen molar-refractivity contribution in [3.05, 3.63) is 65.5 Å². The second-order valence-electron chi connectivity index (χ2n) is 3.76. The molecule has 0 heterocycles. The molecule has 0 aliphatic heterocycles. The van der Waals surface area contributed by atoms with E-state index < -0.39 is 5.82 Å². The second-order valence-corrected chi connectivity index (χ2v) is 3.76. The molecule has 19 heavy (non-hydrogen) atoms. The molecule has 0 spiro atoms. The Morgan fingerprint density at radius 2 is 1.95 bits per heavy atom. The summed E-state index contributed by atoms with van der Waals surface area (Å²) in [5, 5.41) is 0. The summed E-state index contributed by atoms with van der Waals surface area (Å²) in [5.74, 6) is 5.23. The van der Waals surface area contributed by atoms with Crippen molar-refractivity contribution in [2.45, 2.75) is 0 Å². The minimum absolute atomic E-state index is 0.0895. The third-order valence-electron chi connectivity index (χ3n) is 2.40. The first-order chi connectivity index (χ1) is 9.29. The average molecular weight is 254 g/mol. The summed E-state index contributed by atoms with van der Waals surface area (Å²) in [5.41, 5.74) is 1.16. The molecule has 0 saturated heterocycles.